The molecule has 0 aromatic heterocycles. The molecule has 0 aliphatic heterocycles. The van der Waals surface area contributed by atoms with Crippen LogP contribution in [-0.4, -0.2) is 6.04 Å². The highest BCUT2D eigenvalue weighted by molar-refractivity contribution is 5.68. The summed E-state index contributed by atoms with van der Waals surface area (Å²) in [5.41, 5.74) is 8.61. The summed E-state index contributed by atoms with van der Waals surface area (Å²) in [7, 11) is 0. The minimum absolute atomic E-state index is 0.414. The highest BCUT2D eigenvalue weighted by atomic mass is 14.9. The van der Waals surface area contributed by atoms with Gasteiger partial charge in [-0.05, 0) is 42.9 Å². The van der Waals surface area contributed by atoms with Crippen molar-refractivity contribution in [2.45, 2.75) is 45.6 Å². The van der Waals surface area contributed by atoms with E-state index >= 15 is 0 Å². The van der Waals surface area contributed by atoms with Crippen LogP contribution in [0.3, 0.4) is 0 Å². The summed E-state index contributed by atoms with van der Waals surface area (Å²) in [6, 6.07) is 8.05. The molecule has 0 saturated heterocycles. The Balaban J connectivity index is 2.08. The monoisotopic (exact) mass is 243 g/mol. The van der Waals surface area contributed by atoms with E-state index in [9.17, 15) is 0 Å². The van der Waals surface area contributed by atoms with Crippen LogP contribution in [0, 0.1) is 16.7 Å². The van der Waals surface area contributed by atoms with Gasteiger partial charge in [0.15, 0.2) is 0 Å². The van der Waals surface area contributed by atoms with Crippen LogP contribution >= 0.6 is 0 Å². The summed E-state index contributed by atoms with van der Waals surface area (Å²) in [6.07, 6.45) is 4.93. The number of hydrogen-bond donors (Lipinski definition) is 2. The van der Waals surface area contributed by atoms with Crippen molar-refractivity contribution in [3.63, 3.8) is 0 Å². The Kier molecular flexibility index (Phi) is 3.47. The summed E-state index contributed by atoms with van der Waals surface area (Å²) in [5, 5.41) is 12.3. The van der Waals surface area contributed by atoms with Gasteiger partial charge in [-0.1, -0.05) is 20.3 Å². The lowest BCUT2D eigenvalue weighted by atomic mass is 9.75. The molecule has 1 aliphatic carbocycles. The van der Waals surface area contributed by atoms with Crippen LogP contribution in [0.2, 0.25) is 0 Å². The van der Waals surface area contributed by atoms with Crippen LogP contribution in [0.1, 0.15) is 45.1 Å². The van der Waals surface area contributed by atoms with E-state index in [0.29, 0.717) is 22.7 Å². The van der Waals surface area contributed by atoms with Gasteiger partial charge >= 0.3 is 0 Å². The van der Waals surface area contributed by atoms with E-state index in [1.54, 1.807) is 6.07 Å². The fourth-order valence-corrected chi connectivity index (χ4v) is 2.81. The van der Waals surface area contributed by atoms with Crippen LogP contribution in [0.5, 0.6) is 0 Å². The molecule has 1 aliphatic rings. The number of hydrogen-bond acceptors (Lipinski definition) is 3. The molecule has 1 unspecified atom stereocenters. The van der Waals surface area contributed by atoms with E-state index in [0.717, 1.165) is 5.69 Å². The largest absolute Gasteiger partial charge is 0.397 e. The molecular weight excluding hydrogens is 222 g/mol. The van der Waals surface area contributed by atoms with E-state index in [4.69, 9.17) is 11.0 Å². The molecule has 2 rings (SSSR count). The van der Waals surface area contributed by atoms with Crippen LogP contribution < -0.4 is 11.1 Å². The normalized spacial score (nSPS) is 22.2. The zero-order valence-electron chi connectivity index (χ0n) is 11.2. The number of anilines is 2. The third-order valence-electron chi connectivity index (χ3n) is 3.75. The lowest BCUT2D eigenvalue weighted by Gasteiger charge is -2.36. The van der Waals surface area contributed by atoms with Crippen LogP contribution in [0.25, 0.3) is 0 Å². The van der Waals surface area contributed by atoms with Crippen molar-refractivity contribution in [3.05, 3.63) is 23.8 Å². The molecule has 0 heterocycles. The molecule has 1 aromatic rings. The van der Waals surface area contributed by atoms with Gasteiger partial charge in [-0.25, -0.2) is 0 Å². The molecule has 0 amide bonds. The first kappa shape index (κ1) is 12.8. The van der Waals surface area contributed by atoms with E-state index in [1.807, 2.05) is 12.1 Å². The molecule has 0 bridgehead atoms. The number of rotatable bonds is 2. The molecule has 3 nitrogen and oxygen atoms in total. The van der Waals surface area contributed by atoms with E-state index in [2.05, 4.69) is 25.2 Å². The number of nitrogen functional groups attached to an aromatic ring is 1. The third-order valence-corrected chi connectivity index (χ3v) is 3.75. The number of nitrogens with two attached hydrogens (primary N) is 1. The van der Waals surface area contributed by atoms with Gasteiger partial charge < -0.3 is 11.1 Å². The zero-order valence-corrected chi connectivity index (χ0v) is 11.2. The maximum Gasteiger partial charge on any atom is 0.0992 e. The van der Waals surface area contributed by atoms with Crippen LogP contribution in [0.15, 0.2) is 18.2 Å². The molecule has 1 saturated carbocycles. The molecule has 0 spiro atoms. The SMILES string of the molecule is CC1(C)CCCC(Nc2ccc(C#N)cc2N)C1. The van der Waals surface area contributed by atoms with Crippen molar-refractivity contribution in [1.82, 2.24) is 0 Å². The fourth-order valence-electron chi connectivity index (χ4n) is 2.81. The number of nitrogens with one attached hydrogen (secondary N) is 1. The predicted octanol–water partition coefficient (Wildman–Crippen LogP) is 3.52. The molecule has 96 valence electrons. The Bertz CT molecular complexity index is 471. The molecule has 1 aromatic carbocycles. The minimum Gasteiger partial charge on any atom is -0.397 e. The average molecular weight is 243 g/mol. The van der Waals surface area contributed by atoms with Crippen molar-refractivity contribution < 1.29 is 0 Å². The fraction of sp³-hybridized carbons (Fsp3) is 0.533. The van der Waals surface area contributed by atoms with E-state index < -0.39 is 0 Å². The van der Waals surface area contributed by atoms with Gasteiger partial charge in [0.2, 0.25) is 0 Å². The summed E-state index contributed by atoms with van der Waals surface area (Å²) in [5.74, 6) is 0. The lowest BCUT2D eigenvalue weighted by Crippen LogP contribution is -2.31. The maximum atomic E-state index is 8.82. The Morgan fingerprint density at radius 2 is 2.22 bits per heavy atom. The summed E-state index contributed by atoms with van der Waals surface area (Å²) in [4.78, 5) is 0. The molecule has 1 atom stereocenters. The first-order chi connectivity index (χ1) is 8.50. The van der Waals surface area contributed by atoms with Gasteiger partial charge in [0.25, 0.3) is 0 Å². The first-order valence-electron chi connectivity index (χ1n) is 6.56. The topological polar surface area (TPSA) is 61.8 Å². The molecule has 3 heteroatoms. The molecule has 0 radical (unpaired) electrons. The molecular formula is C15H21N3. The Morgan fingerprint density at radius 3 is 2.83 bits per heavy atom. The van der Waals surface area contributed by atoms with Gasteiger partial charge in [-0.3, -0.25) is 0 Å². The summed E-state index contributed by atoms with van der Waals surface area (Å²) in [6.45, 7) is 4.64. The molecule has 18 heavy (non-hydrogen) atoms. The second-order valence-electron chi connectivity index (χ2n) is 6.02. The summed E-state index contributed by atoms with van der Waals surface area (Å²) >= 11 is 0. The predicted molar refractivity (Wildman–Crippen MR) is 75.2 cm³/mol. The standard InChI is InChI=1S/C15H21N3/c1-15(2)7-3-4-12(9-15)18-14-6-5-11(10-16)8-13(14)17/h5-6,8,12,18H,3-4,7,9,17H2,1-2H3. The Labute approximate surface area is 109 Å². The highest BCUT2D eigenvalue weighted by Gasteiger charge is 2.27. The second-order valence-corrected chi connectivity index (χ2v) is 6.02. The Morgan fingerprint density at radius 1 is 1.44 bits per heavy atom. The van der Waals surface area contributed by atoms with Crippen molar-refractivity contribution in [3.8, 4) is 6.07 Å². The van der Waals surface area contributed by atoms with Crippen LogP contribution in [-0.2, 0) is 0 Å². The first-order valence-corrected chi connectivity index (χ1v) is 6.56. The Hall–Kier alpha value is -1.69. The molecule has 1 fully saturated rings. The third kappa shape index (κ3) is 2.95. The smallest absolute Gasteiger partial charge is 0.0992 e. The van der Waals surface area contributed by atoms with Crippen molar-refractivity contribution >= 4 is 11.4 Å². The lowest BCUT2D eigenvalue weighted by molar-refractivity contribution is 0.229. The van der Waals surface area contributed by atoms with Gasteiger partial charge in [0, 0.05) is 6.04 Å². The van der Waals surface area contributed by atoms with Crippen LogP contribution in [0.4, 0.5) is 11.4 Å². The summed E-state index contributed by atoms with van der Waals surface area (Å²) < 4.78 is 0. The second kappa shape index (κ2) is 4.89. The van der Waals surface area contributed by atoms with E-state index in [-0.39, 0.29) is 0 Å². The van der Waals surface area contributed by atoms with E-state index in [1.165, 1.54) is 25.7 Å². The molecule has 3 N–H and O–H groups in total. The van der Waals surface area contributed by atoms with Gasteiger partial charge in [-0.15, -0.1) is 0 Å². The van der Waals surface area contributed by atoms with Gasteiger partial charge in [-0.2, -0.15) is 5.26 Å². The van der Waals surface area contributed by atoms with Crippen molar-refractivity contribution in [2.24, 2.45) is 5.41 Å². The highest BCUT2D eigenvalue weighted by Crippen LogP contribution is 2.36. The number of nitriles is 1. The van der Waals surface area contributed by atoms with Gasteiger partial charge in [0.1, 0.15) is 0 Å². The number of nitrogens with zero attached hydrogens (tertiary/aromatic N) is 1. The van der Waals surface area contributed by atoms with Gasteiger partial charge in [0.05, 0.1) is 23.0 Å². The minimum atomic E-state index is 0.414. The van der Waals surface area contributed by atoms with Crippen molar-refractivity contribution in [2.75, 3.05) is 11.1 Å². The van der Waals surface area contributed by atoms with Crippen molar-refractivity contribution in [1.29, 1.82) is 5.26 Å². The number of benzene rings is 1. The average Bonchev–Trinajstić information content (AvgIpc) is 2.30. The quantitative estimate of drug-likeness (QED) is 0.781. The zero-order chi connectivity index (χ0) is 13.2. The maximum absolute atomic E-state index is 8.82.